The normalized spacial score (nSPS) is 9.05. The van der Waals surface area contributed by atoms with Gasteiger partial charge in [0.2, 0.25) is 0 Å². The van der Waals surface area contributed by atoms with Gasteiger partial charge in [-0.05, 0) is 0 Å². The molecule has 40 heavy (non-hydrogen) atoms. The number of nitrogens with zero attached hydrogens (tertiary/aromatic N) is 1. The number of aliphatic carboxylic acids is 3. The molecule has 0 rings (SSSR count). The molecule has 16 N–H and O–H groups in total. The third kappa shape index (κ3) is 15200. The van der Waals surface area contributed by atoms with E-state index in [-0.39, 0.29) is 9.41 Å². The quantitative estimate of drug-likeness (QED) is 0.0275. The van der Waals surface area contributed by atoms with E-state index in [1.807, 2.05) is 0 Å². The van der Waals surface area contributed by atoms with E-state index in [9.17, 15) is 0 Å². The summed E-state index contributed by atoms with van der Waals surface area (Å²) in [5.41, 5.74) is 0. The number of rotatable bonds is 0. The van der Waals surface area contributed by atoms with E-state index in [0.717, 1.165) is 6.92 Å². The number of carboxylic acids is 3. The Balaban J connectivity index is -0.0000000320. The van der Waals surface area contributed by atoms with Gasteiger partial charge >= 0.3 is 67.5 Å². The van der Waals surface area contributed by atoms with Crippen molar-refractivity contribution in [1.29, 1.82) is 0 Å². The molecule has 0 radical (unpaired) electrons. The standard InChI is InChI=1S/C2H2O4.C2H4O2.Cr.2FH.HNO3.2H3O4P.H2O4S.H2O3S.2H2O.2O/c3-1(4)2(5)6;1-2(3)4;;;;2-1(3)4;3*1-5(2,3)4;1-4(2)3;;;;/h(H,3,4)(H,5,6);1H3,(H,3,4);;2*1H;(H,2,3,4);2*(H3,1,2,3,4);(H2,1,2,3,4);(H2,1,2,3);2*1H2;;/q;;+2;;;;;;;;;;;/p-2. The Kier molecular flexibility index (Phi) is 57.4. The number of hydrogen-bond acceptors (Lipinski definition) is 12. The van der Waals surface area contributed by atoms with Crippen LogP contribution in [0.1, 0.15) is 6.92 Å². The van der Waals surface area contributed by atoms with Crippen LogP contribution in [-0.4, -0.2) is 112 Å². The van der Waals surface area contributed by atoms with Crippen LogP contribution < -0.4 is 0 Å². The summed E-state index contributed by atoms with van der Waals surface area (Å²) in [6.07, 6.45) is 0. The summed E-state index contributed by atoms with van der Waals surface area (Å²) in [6, 6.07) is 0. The second-order valence-electron chi connectivity index (χ2n) is 3.52. The summed E-state index contributed by atoms with van der Waals surface area (Å²) in [6.45, 7) is 1.08. The van der Waals surface area contributed by atoms with Crippen LogP contribution in [-0.2, 0) is 66.5 Å². The van der Waals surface area contributed by atoms with Gasteiger partial charge in [-0.3, -0.25) is 32.4 Å². The van der Waals surface area contributed by atoms with Crippen molar-refractivity contribution < 1.29 is 148 Å². The van der Waals surface area contributed by atoms with Crippen LogP contribution in [0.25, 0.3) is 0 Å². The fraction of sp³-hybridized carbons (Fsp3) is 0.250. The van der Waals surface area contributed by atoms with Crippen molar-refractivity contribution in [3.05, 3.63) is 10.1 Å². The van der Waals surface area contributed by atoms with E-state index < -0.39 is 74.0 Å². The molecule has 0 saturated carbocycles. The van der Waals surface area contributed by atoms with Crippen molar-refractivity contribution >= 4 is 55.3 Å². The Bertz CT molecular complexity index is 845. The molecular formula is C4H21CrF2NO28P2S2. The molecule has 0 spiro atoms. The first-order valence-electron chi connectivity index (χ1n) is 6.09. The van der Waals surface area contributed by atoms with E-state index in [1.165, 1.54) is 0 Å². The van der Waals surface area contributed by atoms with Gasteiger partial charge in [0.25, 0.3) is 22.4 Å². The molecule has 0 bridgehead atoms. The Morgan fingerprint density at radius 1 is 0.800 bits per heavy atom. The fourth-order valence-corrected chi connectivity index (χ4v) is 0. The minimum atomic E-state index is -5.25. The van der Waals surface area contributed by atoms with Crippen molar-refractivity contribution in [2.75, 3.05) is 0 Å². The summed E-state index contributed by atoms with van der Waals surface area (Å²) >= 11 is -7.86. The van der Waals surface area contributed by atoms with Gasteiger partial charge in [-0.2, -0.15) is 12.6 Å². The third-order valence-corrected chi connectivity index (χ3v) is 0.183. The Morgan fingerprint density at radius 2 is 0.825 bits per heavy atom. The SMILES string of the molecule is CC(=O)O.F.F.O=C(O)C(=O)O.O=P(O)(O)O.O=P(O)(O)O.O=S(=O)(O)O.O=S(O)O.O=[N+]([O-])O.[O]=[Cr](=[O])([OH])[OH]. The minimum absolute atomic E-state index is 0. The molecule has 0 saturated heterocycles. The van der Waals surface area contributed by atoms with Gasteiger partial charge in [-0.25, -0.2) is 18.7 Å². The van der Waals surface area contributed by atoms with Gasteiger partial charge < -0.3 is 49.9 Å². The van der Waals surface area contributed by atoms with E-state index in [2.05, 4.69) is 0 Å². The van der Waals surface area contributed by atoms with Crippen molar-refractivity contribution in [2.45, 2.75) is 6.92 Å². The molecule has 0 aromatic rings. The zero-order valence-electron chi connectivity index (χ0n) is 17.9. The van der Waals surface area contributed by atoms with Gasteiger partial charge in [0.05, 0.1) is 0 Å². The molecule has 36 heteroatoms. The predicted molar refractivity (Wildman–Crippen MR) is 104 cm³/mol. The average molecular weight is 747 g/mol. The van der Waals surface area contributed by atoms with E-state index in [4.69, 9.17) is 130 Å². The van der Waals surface area contributed by atoms with E-state index in [1.54, 1.807) is 0 Å². The van der Waals surface area contributed by atoms with Gasteiger partial charge in [-0.15, -0.1) is 10.1 Å². The Hall–Kier alpha value is -2.32. The van der Waals surface area contributed by atoms with Crippen LogP contribution in [0.5, 0.6) is 0 Å². The average Bonchev–Trinajstić information content (AvgIpc) is 2.36. The molecule has 0 aliphatic heterocycles. The number of carboxylic acid groups (broad SMARTS) is 3. The second-order valence-corrected chi connectivity index (χ2v) is 8.33. The number of hydrogen-bond donors (Lipinski definition) is 16. The predicted octanol–water partition coefficient (Wildman–Crippen LogP) is -4.98. The zero-order valence-corrected chi connectivity index (χ0v) is 22.6. The first-order chi connectivity index (χ1) is 15.8. The topological polar surface area (TPSA) is 538 Å². The van der Waals surface area contributed by atoms with Gasteiger partial charge in [0, 0.05) is 6.92 Å². The molecule has 0 amide bonds. The zero-order chi connectivity index (χ0) is 33.9. The third-order valence-electron chi connectivity index (χ3n) is 0.183. The summed E-state index contributed by atoms with van der Waals surface area (Å²) in [4.78, 5) is 78.7. The molecule has 0 unspecified atom stereocenters. The molecule has 0 aliphatic carbocycles. The molecule has 0 atom stereocenters. The van der Waals surface area contributed by atoms with Crippen molar-refractivity contribution in [1.82, 2.24) is 0 Å². The van der Waals surface area contributed by atoms with Crippen LogP contribution >= 0.6 is 15.6 Å². The molecule has 0 fully saturated rings. The summed E-state index contributed by atoms with van der Waals surface area (Å²) in [7, 11) is -13.9. The van der Waals surface area contributed by atoms with Gasteiger partial charge in [0.1, 0.15) is 0 Å². The monoisotopic (exact) mass is 747 g/mol. The number of halogens is 2. The maximum atomic E-state index is 9.10. The Labute approximate surface area is 221 Å². The van der Waals surface area contributed by atoms with Crippen LogP contribution in [0.3, 0.4) is 0 Å². The maximum absolute atomic E-state index is 9.10. The van der Waals surface area contributed by atoms with Crippen LogP contribution in [0.4, 0.5) is 9.41 Å². The van der Waals surface area contributed by atoms with Gasteiger partial charge in [-0.1, -0.05) is 0 Å². The summed E-state index contributed by atoms with van der Waals surface area (Å²) < 4.78 is 104. The molecule has 252 valence electrons. The van der Waals surface area contributed by atoms with Crippen molar-refractivity contribution in [3.63, 3.8) is 0 Å². The second kappa shape index (κ2) is 34.7. The van der Waals surface area contributed by atoms with Crippen LogP contribution in [0.2, 0.25) is 0 Å². The molecule has 0 heterocycles. The van der Waals surface area contributed by atoms with Crippen molar-refractivity contribution in [3.8, 4) is 0 Å². The number of carbonyl (C=O) groups is 3. The Morgan fingerprint density at radius 3 is 0.825 bits per heavy atom. The van der Waals surface area contributed by atoms with E-state index in [0.29, 0.717) is 0 Å². The molecule has 0 aromatic heterocycles. The van der Waals surface area contributed by atoms with Gasteiger partial charge in [0.15, 0.2) is 0 Å². The molecule has 0 aliphatic rings. The molecular weight excluding hydrogens is 726 g/mol. The summed E-state index contributed by atoms with van der Waals surface area (Å²) in [5.74, 6) is -4.48. The summed E-state index contributed by atoms with van der Waals surface area (Å²) in [5, 5.41) is 35.8. The fourth-order valence-electron chi connectivity index (χ4n) is 0. The van der Waals surface area contributed by atoms with Crippen LogP contribution in [0.15, 0.2) is 0 Å². The van der Waals surface area contributed by atoms with E-state index >= 15 is 0 Å². The number of phosphoric acid groups is 2. The van der Waals surface area contributed by atoms with Crippen LogP contribution in [0, 0.1) is 10.1 Å². The first-order valence-corrected chi connectivity index (χ1v) is 13.9. The van der Waals surface area contributed by atoms with Crippen molar-refractivity contribution in [2.24, 2.45) is 0 Å². The molecule has 0 aromatic carbocycles. The molecule has 29 nitrogen and oxygen atoms in total. The first kappa shape index (κ1) is 66.2.